The van der Waals surface area contributed by atoms with Crippen LogP contribution >= 0.6 is 0 Å². The van der Waals surface area contributed by atoms with Crippen molar-refractivity contribution in [1.29, 1.82) is 0 Å². The third-order valence-electron chi connectivity index (χ3n) is 6.29. The van der Waals surface area contributed by atoms with Crippen molar-refractivity contribution in [3.63, 3.8) is 0 Å². The summed E-state index contributed by atoms with van der Waals surface area (Å²) in [6.07, 6.45) is 3.51. The number of carbonyl (C=O) groups excluding carboxylic acids is 1. The zero-order chi connectivity index (χ0) is 24.5. The van der Waals surface area contributed by atoms with E-state index in [9.17, 15) is 9.18 Å². The molecule has 1 aliphatic heterocycles. The molecule has 0 unspecified atom stereocenters. The summed E-state index contributed by atoms with van der Waals surface area (Å²) in [5.41, 5.74) is 4.96. The number of hydrogen-bond donors (Lipinski definition) is 0. The fourth-order valence-corrected chi connectivity index (χ4v) is 4.64. The minimum absolute atomic E-state index is 0.00150. The van der Waals surface area contributed by atoms with E-state index in [4.69, 9.17) is 23.9 Å². The summed E-state index contributed by atoms with van der Waals surface area (Å²) >= 11 is 0. The smallest absolute Gasteiger partial charge is 0.339 e. The Kier molecular flexibility index (Phi) is 5.73. The molecule has 0 amide bonds. The molecule has 2 heterocycles. The first-order chi connectivity index (χ1) is 17.7. The molecular weight excluding hydrogens is 461 g/mol. The average molecular weight is 483 g/mol. The highest BCUT2D eigenvalue weighted by Gasteiger charge is 2.28. The number of halogens is 1. The first-order valence-corrected chi connectivity index (χ1v) is 11.7. The van der Waals surface area contributed by atoms with E-state index in [1.165, 1.54) is 12.1 Å². The predicted molar refractivity (Wildman–Crippen MR) is 133 cm³/mol. The highest BCUT2D eigenvalue weighted by molar-refractivity contribution is 6.07. The van der Waals surface area contributed by atoms with Crippen molar-refractivity contribution in [3.05, 3.63) is 94.9 Å². The third-order valence-corrected chi connectivity index (χ3v) is 6.29. The Hall–Kier alpha value is -4.39. The van der Waals surface area contributed by atoms with E-state index in [-0.39, 0.29) is 25.8 Å². The number of allylic oxidation sites excluding steroid dienone is 1. The van der Waals surface area contributed by atoms with Crippen molar-refractivity contribution in [2.75, 3.05) is 20.0 Å². The molecular formula is C29H22FNO5. The van der Waals surface area contributed by atoms with Gasteiger partial charge in [0.15, 0.2) is 23.1 Å². The van der Waals surface area contributed by atoms with E-state index < -0.39 is 11.8 Å². The van der Waals surface area contributed by atoms with Crippen molar-refractivity contribution >= 4 is 28.5 Å². The van der Waals surface area contributed by atoms with Crippen molar-refractivity contribution in [3.8, 4) is 17.2 Å². The molecule has 2 aliphatic rings. The van der Waals surface area contributed by atoms with Gasteiger partial charge in [0.25, 0.3) is 0 Å². The van der Waals surface area contributed by atoms with Crippen LogP contribution in [0.15, 0.2) is 66.7 Å². The summed E-state index contributed by atoms with van der Waals surface area (Å²) in [6.45, 7) is 0.272. The molecule has 0 spiro atoms. The van der Waals surface area contributed by atoms with Gasteiger partial charge in [0.1, 0.15) is 13.2 Å². The number of rotatable bonds is 6. The van der Waals surface area contributed by atoms with E-state index in [0.717, 1.165) is 51.2 Å². The summed E-state index contributed by atoms with van der Waals surface area (Å²) < 4.78 is 35.7. The number of benzene rings is 3. The second kappa shape index (κ2) is 9.34. The lowest BCUT2D eigenvalue weighted by Crippen LogP contribution is -2.15. The minimum Gasteiger partial charge on any atom is -0.487 e. The van der Waals surface area contributed by atoms with Gasteiger partial charge in [-0.3, -0.25) is 0 Å². The van der Waals surface area contributed by atoms with Crippen molar-refractivity contribution in [2.24, 2.45) is 0 Å². The highest BCUT2D eigenvalue weighted by Crippen LogP contribution is 2.39. The van der Waals surface area contributed by atoms with Gasteiger partial charge in [-0.05, 0) is 65.9 Å². The van der Waals surface area contributed by atoms with Gasteiger partial charge >= 0.3 is 5.97 Å². The average Bonchev–Trinajstić information content (AvgIpc) is 3.53. The molecule has 0 radical (unpaired) electrons. The third kappa shape index (κ3) is 4.13. The number of nitrogens with zero attached hydrogens (tertiary/aromatic N) is 1. The quantitative estimate of drug-likeness (QED) is 0.254. The molecule has 0 fully saturated rings. The first kappa shape index (κ1) is 22.1. The Bertz CT molecular complexity index is 1510. The number of pyridine rings is 1. The lowest BCUT2D eigenvalue weighted by molar-refractivity contribution is 0.0449. The molecule has 7 heteroatoms. The van der Waals surface area contributed by atoms with Gasteiger partial charge in [-0.15, -0.1) is 0 Å². The number of carbonyl (C=O) groups is 1. The molecule has 36 heavy (non-hydrogen) atoms. The van der Waals surface area contributed by atoms with Crippen molar-refractivity contribution in [2.45, 2.75) is 12.8 Å². The topological polar surface area (TPSA) is 66.9 Å². The zero-order valence-corrected chi connectivity index (χ0v) is 19.3. The van der Waals surface area contributed by atoms with Crippen LogP contribution in [0.1, 0.15) is 33.6 Å². The number of hydrogen-bond acceptors (Lipinski definition) is 6. The lowest BCUT2D eigenvalue weighted by Gasteiger charge is -2.13. The van der Waals surface area contributed by atoms with Crippen molar-refractivity contribution < 1.29 is 28.1 Å². The fourth-order valence-electron chi connectivity index (χ4n) is 4.64. The Morgan fingerprint density at radius 2 is 1.81 bits per heavy atom. The summed E-state index contributed by atoms with van der Waals surface area (Å²) in [6, 6.07) is 19.5. The SMILES string of the molecule is O=C(OCCOc1ccccc1F)c1c2c(nc3ccccc13)C(=Cc1ccc3c(c1)OCO3)CC2. The summed E-state index contributed by atoms with van der Waals surface area (Å²) in [4.78, 5) is 18.2. The van der Waals surface area contributed by atoms with Gasteiger partial charge in [-0.2, -0.15) is 0 Å². The Morgan fingerprint density at radius 1 is 0.972 bits per heavy atom. The fraction of sp³-hybridized carbons (Fsp3) is 0.172. The van der Waals surface area contributed by atoms with E-state index in [1.54, 1.807) is 12.1 Å². The number of para-hydroxylation sites is 2. The maximum atomic E-state index is 13.8. The molecule has 0 atom stereocenters. The monoisotopic (exact) mass is 483 g/mol. The summed E-state index contributed by atoms with van der Waals surface area (Å²) in [7, 11) is 0. The number of fused-ring (bicyclic) bond motifs is 3. The first-order valence-electron chi connectivity index (χ1n) is 11.7. The largest absolute Gasteiger partial charge is 0.487 e. The maximum absolute atomic E-state index is 13.8. The zero-order valence-electron chi connectivity index (χ0n) is 19.3. The minimum atomic E-state index is -0.455. The van der Waals surface area contributed by atoms with E-state index in [2.05, 4.69) is 6.08 Å². The van der Waals surface area contributed by atoms with E-state index in [1.807, 2.05) is 42.5 Å². The molecule has 4 aromatic rings. The molecule has 0 saturated carbocycles. The Balaban J connectivity index is 1.27. The molecule has 0 saturated heterocycles. The van der Waals surface area contributed by atoms with Crippen LogP contribution in [0.5, 0.6) is 17.2 Å². The molecule has 180 valence electrons. The summed E-state index contributed by atoms with van der Waals surface area (Å²) in [5, 5.41) is 0.751. The normalized spacial score (nSPS) is 14.8. The highest BCUT2D eigenvalue weighted by atomic mass is 19.1. The molecule has 0 bridgehead atoms. The standard InChI is InChI=1S/C29H22FNO5/c30-22-6-2-4-8-24(22)33-13-14-34-29(32)27-20-5-1-3-7-23(20)31-28-19(10-11-21(27)28)15-18-9-12-25-26(16-18)36-17-35-25/h1-9,12,15-16H,10-11,13-14,17H2. The van der Waals surface area contributed by atoms with E-state index >= 15 is 0 Å². The second-order valence-electron chi connectivity index (χ2n) is 8.53. The second-order valence-corrected chi connectivity index (χ2v) is 8.53. The van der Waals surface area contributed by atoms with Gasteiger partial charge in [0, 0.05) is 5.39 Å². The van der Waals surface area contributed by atoms with Gasteiger partial charge in [0.05, 0.1) is 16.8 Å². The molecule has 1 aromatic heterocycles. The lowest BCUT2D eigenvalue weighted by atomic mass is 10.0. The van der Waals surface area contributed by atoms with Gasteiger partial charge in [-0.25, -0.2) is 14.2 Å². The molecule has 6 rings (SSSR count). The van der Waals surface area contributed by atoms with Gasteiger partial charge in [0.2, 0.25) is 6.79 Å². The summed E-state index contributed by atoms with van der Waals surface area (Å²) in [5.74, 6) is 0.685. The van der Waals surface area contributed by atoms with Crippen LogP contribution in [-0.2, 0) is 11.2 Å². The van der Waals surface area contributed by atoms with Crippen LogP contribution in [0.3, 0.4) is 0 Å². The van der Waals surface area contributed by atoms with E-state index in [0.29, 0.717) is 12.0 Å². The Morgan fingerprint density at radius 3 is 2.72 bits per heavy atom. The maximum Gasteiger partial charge on any atom is 0.339 e. The molecule has 1 aliphatic carbocycles. The molecule has 6 nitrogen and oxygen atoms in total. The molecule has 3 aromatic carbocycles. The van der Waals surface area contributed by atoms with Crippen LogP contribution in [0.2, 0.25) is 0 Å². The predicted octanol–water partition coefficient (Wildman–Crippen LogP) is 5.83. The number of ether oxygens (including phenoxy) is 4. The van der Waals surface area contributed by atoms with Crippen LogP contribution < -0.4 is 14.2 Å². The van der Waals surface area contributed by atoms with Crippen LogP contribution in [-0.4, -0.2) is 31.0 Å². The Labute approximate surface area is 206 Å². The van der Waals surface area contributed by atoms with Crippen LogP contribution in [0.25, 0.3) is 22.6 Å². The van der Waals surface area contributed by atoms with Gasteiger partial charge in [-0.1, -0.05) is 36.4 Å². The number of esters is 1. The van der Waals surface area contributed by atoms with Crippen LogP contribution in [0, 0.1) is 5.82 Å². The van der Waals surface area contributed by atoms with Gasteiger partial charge < -0.3 is 18.9 Å². The van der Waals surface area contributed by atoms with Crippen molar-refractivity contribution in [1.82, 2.24) is 4.98 Å². The molecule has 0 N–H and O–H groups in total. The van der Waals surface area contributed by atoms with Crippen LogP contribution in [0.4, 0.5) is 4.39 Å². The number of aromatic nitrogens is 1.